The molecule has 134 valence electrons. The molecule has 0 spiro atoms. The zero-order valence-corrected chi connectivity index (χ0v) is 15.8. The van der Waals surface area contributed by atoms with Gasteiger partial charge in [0.1, 0.15) is 5.75 Å². The summed E-state index contributed by atoms with van der Waals surface area (Å²) in [5.41, 5.74) is 2.81. The maximum absolute atomic E-state index is 12.7. The van der Waals surface area contributed by atoms with Crippen LogP contribution in [0, 0.1) is 0 Å². The summed E-state index contributed by atoms with van der Waals surface area (Å²) in [5, 5.41) is 6.33. The average Bonchev–Trinajstić information content (AvgIpc) is 2.92. The summed E-state index contributed by atoms with van der Waals surface area (Å²) >= 11 is 6.33. The molecule has 1 aliphatic heterocycles. The lowest BCUT2D eigenvalue weighted by atomic mass is 10.1. The van der Waals surface area contributed by atoms with Gasteiger partial charge >= 0.3 is 0 Å². The van der Waals surface area contributed by atoms with Gasteiger partial charge in [0.05, 0.1) is 28.1 Å². The van der Waals surface area contributed by atoms with E-state index in [4.69, 9.17) is 16.3 Å². The molecule has 2 aromatic carbocycles. The Morgan fingerprint density at radius 3 is 2.62 bits per heavy atom. The van der Waals surface area contributed by atoms with Crippen LogP contribution in [0.4, 0.5) is 5.69 Å². The first-order valence-corrected chi connectivity index (χ1v) is 9.00. The van der Waals surface area contributed by atoms with Crippen molar-refractivity contribution in [2.24, 2.45) is 5.10 Å². The highest BCUT2D eigenvalue weighted by molar-refractivity contribution is 6.33. The van der Waals surface area contributed by atoms with Gasteiger partial charge < -0.3 is 4.74 Å². The SMILES string of the molecule is CCC(C)Oc1ccc(/C=C2\C(=O)N(c3ccccc3)N=C2C)cc1Cl. The van der Waals surface area contributed by atoms with Crippen LogP contribution in [0.15, 0.2) is 59.2 Å². The Morgan fingerprint density at radius 1 is 1.23 bits per heavy atom. The number of halogens is 1. The molecular formula is C21H21ClN2O2. The number of rotatable bonds is 5. The number of para-hydroxylation sites is 1. The number of nitrogens with zero attached hydrogens (tertiary/aromatic N) is 2. The predicted octanol–water partition coefficient (Wildman–Crippen LogP) is 5.32. The van der Waals surface area contributed by atoms with Crippen LogP contribution in [0.1, 0.15) is 32.8 Å². The van der Waals surface area contributed by atoms with E-state index >= 15 is 0 Å². The first-order valence-electron chi connectivity index (χ1n) is 8.62. The fraction of sp³-hybridized carbons (Fsp3) is 0.238. The fourth-order valence-corrected chi connectivity index (χ4v) is 2.83. The van der Waals surface area contributed by atoms with Gasteiger partial charge in [-0.05, 0) is 56.2 Å². The molecule has 1 aliphatic rings. The topological polar surface area (TPSA) is 41.9 Å². The fourth-order valence-electron chi connectivity index (χ4n) is 2.60. The van der Waals surface area contributed by atoms with Crippen molar-refractivity contribution in [3.8, 4) is 5.75 Å². The zero-order valence-electron chi connectivity index (χ0n) is 15.1. The smallest absolute Gasteiger partial charge is 0.280 e. The van der Waals surface area contributed by atoms with Crippen LogP contribution in [0.25, 0.3) is 6.08 Å². The molecule has 1 unspecified atom stereocenters. The van der Waals surface area contributed by atoms with Crippen LogP contribution in [-0.2, 0) is 4.79 Å². The van der Waals surface area contributed by atoms with Crippen LogP contribution < -0.4 is 9.75 Å². The molecule has 4 nitrogen and oxygen atoms in total. The second kappa shape index (κ2) is 7.75. The third-order valence-electron chi connectivity index (χ3n) is 4.23. The van der Waals surface area contributed by atoms with Crippen LogP contribution in [-0.4, -0.2) is 17.7 Å². The summed E-state index contributed by atoms with van der Waals surface area (Å²) in [5.74, 6) is 0.502. The number of ether oxygens (including phenoxy) is 1. The first kappa shape index (κ1) is 18.2. The first-order chi connectivity index (χ1) is 12.5. The predicted molar refractivity (Wildman–Crippen MR) is 107 cm³/mol. The van der Waals surface area contributed by atoms with Gasteiger partial charge in [0.2, 0.25) is 0 Å². The Kier molecular flexibility index (Phi) is 5.43. The molecule has 0 aliphatic carbocycles. The van der Waals surface area contributed by atoms with Gasteiger partial charge in [-0.3, -0.25) is 4.79 Å². The van der Waals surface area contributed by atoms with Crippen molar-refractivity contribution in [2.75, 3.05) is 5.01 Å². The molecule has 1 atom stereocenters. The van der Waals surface area contributed by atoms with Crippen LogP contribution in [0.5, 0.6) is 5.75 Å². The Labute approximate surface area is 158 Å². The quantitative estimate of drug-likeness (QED) is 0.670. The molecule has 0 saturated carbocycles. The molecule has 5 heteroatoms. The van der Waals surface area contributed by atoms with Crippen molar-refractivity contribution >= 4 is 35.0 Å². The summed E-state index contributed by atoms with van der Waals surface area (Å²) in [4.78, 5) is 12.7. The van der Waals surface area contributed by atoms with E-state index in [1.54, 1.807) is 6.07 Å². The van der Waals surface area contributed by atoms with Crippen molar-refractivity contribution in [1.29, 1.82) is 0 Å². The van der Waals surface area contributed by atoms with E-state index in [2.05, 4.69) is 12.0 Å². The maximum atomic E-state index is 12.7. The van der Waals surface area contributed by atoms with Gasteiger partial charge in [0, 0.05) is 0 Å². The van der Waals surface area contributed by atoms with E-state index in [1.165, 1.54) is 5.01 Å². The molecule has 0 bridgehead atoms. The molecule has 0 saturated heterocycles. The molecule has 1 heterocycles. The van der Waals surface area contributed by atoms with Crippen molar-refractivity contribution in [2.45, 2.75) is 33.3 Å². The largest absolute Gasteiger partial charge is 0.489 e. The van der Waals surface area contributed by atoms with Crippen LogP contribution in [0.2, 0.25) is 5.02 Å². The second-order valence-corrected chi connectivity index (χ2v) is 6.63. The molecule has 2 aromatic rings. The van der Waals surface area contributed by atoms with Crippen molar-refractivity contribution < 1.29 is 9.53 Å². The van der Waals surface area contributed by atoms with E-state index in [9.17, 15) is 4.79 Å². The average molecular weight is 369 g/mol. The Morgan fingerprint density at radius 2 is 1.96 bits per heavy atom. The van der Waals surface area contributed by atoms with E-state index in [1.807, 2.05) is 62.4 Å². The number of carbonyl (C=O) groups is 1. The Bertz CT molecular complexity index is 875. The van der Waals surface area contributed by atoms with E-state index in [0.717, 1.165) is 17.7 Å². The van der Waals surface area contributed by atoms with Gasteiger partial charge in [0.25, 0.3) is 5.91 Å². The van der Waals surface area contributed by atoms with Crippen molar-refractivity contribution in [3.05, 3.63) is 64.7 Å². The Balaban J connectivity index is 1.85. The molecule has 0 aromatic heterocycles. The van der Waals surface area contributed by atoms with Crippen LogP contribution in [0.3, 0.4) is 0 Å². The van der Waals surface area contributed by atoms with E-state index in [-0.39, 0.29) is 12.0 Å². The number of benzene rings is 2. The van der Waals surface area contributed by atoms with Crippen molar-refractivity contribution in [1.82, 2.24) is 0 Å². The lowest BCUT2D eigenvalue weighted by Crippen LogP contribution is -2.21. The highest BCUT2D eigenvalue weighted by atomic mass is 35.5. The van der Waals surface area contributed by atoms with E-state index < -0.39 is 0 Å². The molecule has 0 fully saturated rings. The molecule has 1 amide bonds. The van der Waals surface area contributed by atoms with Gasteiger partial charge in [-0.25, -0.2) is 0 Å². The molecule has 3 rings (SSSR count). The zero-order chi connectivity index (χ0) is 18.7. The number of carbonyl (C=O) groups excluding carboxylic acids is 1. The summed E-state index contributed by atoms with van der Waals surface area (Å²) < 4.78 is 5.78. The highest BCUT2D eigenvalue weighted by Crippen LogP contribution is 2.29. The summed E-state index contributed by atoms with van der Waals surface area (Å²) in [6.07, 6.45) is 2.81. The monoisotopic (exact) mass is 368 g/mol. The minimum Gasteiger partial charge on any atom is -0.489 e. The standard InChI is InChI=1S/C21H21ClN2O2/c1-4-14(2)26-20-11-10-16(13-19(20)22)12-18-15(3)23-24(21(18)25)17-8-6-5-7-9-17/h5-14H,4H2,1-3H3/b18-12-. The number of hydrazone groups is 1. The number of hydrogen-bond acceptors (Lipinski definition) is 3. The number of anilines is 1. The highest BCUT2D eigenvalue weighted by Gasteiger charge is 2.28. The lowest BCUT2D eigenvalue weighted by Gasteiger charge is -2.14. The summed E-state index contributed by atoms with van der Waals surface area (Å²) in [6.45, 7) is 5.89. The molecule has 26 heavy (non-hydrogen) atoms. The molecule has 0 radical (unpaired) electrons. The third kappa shape index (κ3) is 3.81. The van der Waals surface area contributed by atoms with Crippen LogP contribution >= 0.6 is 11.6 Å². The van der Waals surface area contributed by atoms with Gasteiger partial charge in [-0.15, -0.1) is 0 Å². The van der Waals surface area contributed by atoms with Gasteiger partial charge in [-0.1, -0.05) is 42.8 Å². The van der Waals surface area contributed by atoms with Gasteiger partial charge in [0.15, 0.2) is 0 Å². The normalized spacial score (nSPS) is 16.8. The maximum Gasteiger partial charge on any atom is 0.280 e. The minimum atomic E-state index is -0.148. The summed E-state index contributed by atoms with van der Waals surface area (Å²) in [6, 6.07) is 14.9. The second-order valence-electron chi connectivity index (χ2n) is 6.22. The van der Waals surface area contributed by atoms with Crippen molar-refractivity contribution in [3.63, 3.8) is 0 Å². The lowest BCUT2D eigenvalue weighted by molar-refractivity contribution is -0.114. The molecular weight excluding hydrogens is 348 g/mol. The molecule has 0 N–H and O–H groups in total. The third-order valence-corrected chi connectivity index (χ3v) is 4.53. The summed E-state index contributed by atoms with van der Waals surface area (Å²) in [7, 11) is 0. The number of amides is 1. The Hall–Kier alpha value is -2.59. The number of hydrogen-bond donors (Lipinski definition) is 0. The minimum absolute atomic E-state index is 0.0990. The van der Waals surface area contributed by atoms with Gasteiger partial charge in [-0.2, -0.15) is 10.1 Å². The van der Waals surface area contributed by atoms with E-state index in [0.29, 0.717) is 22.1 Å².